The van der Waals surface area contributed by atoms with Crippen LogP contribution in [-0.2, 0) is 6.54 Å². The van der Waals surface area contributed by atoms with Crippen molar-refractivity contribution in [1.29, 1.82) is 0 Å². The molecule has 1 N–H and O–H groups in total. The van der Waals surface area contributed by atoms with Crippen molar-refractivity contribution >= 4 is 11.3 Å². The van der Waals surface area contributed by atoms with Crippen molar-refractivity contribution in [3.63, 3.8) is 0 Å². The molecule has 0 amide bonds. The molecule has 1 heterocycles. The van der Waals surface area contributed by atoms with Gasteiger partial charge in [0.15, 0.2) is 0 Å². The minimum absolute atomic E-state index is 0.707. The van der Waals surface area contributed by atoms with Gasteiger partial charge in [0.25, 0.3) is 0 Å². The van der Waals surface area contributed by atoms with E-state index in [0.29, 0.717) is 6.04 Å². The Hall–Kier alpha value is -1.12. The Kier molecular flexibility index (Phi) is 4.77. The van der Waals surface area contributed by atoms with Gasteiger partial charge in [-0.25, -0.2) is 0 Å². The third-order valence-electron chi connectivity index (χ3n) is 4.88. The van der Waals surface area contributed by atoms with Gasteiger partial charge in [-0.15, -0.1) is 11.3 Å². The van der Waals surface area contributed by atoms with E-state index in [4.69, 9.17) is 0 Å². The topological polar surface area (TPSA) is 12.0 Å². The second kappa shape index (κ2) is 6.76. The summed E-state index contributed by atoms with van der Waals surface area (Å²) in [6, 6.07) is 15.9. The molecule has 1 aromatic carbocycles. The molecular formula is C19H25NS. The first-order valence-corrected chi connectivity index (χ1v) is 8.91. The SMILES string of the molecule is CC1CCC(NCc2ccc(-c3ccccc3)s2)CC1C. The molecule has 1 aliphatic rings. The molecule has 2 heteroatoms. The third-order valence-corrected chi connectivity index (χ3v) is 6.02. The molecule has 112 valence electrons. The van der Waals surface area contributed by atoms with Gasteiger partial charge in [0, 0.05) is 22.3 Å². The molecule has 3 rings (SSSR count). The average Bonchev–Trinajstić information content (AvgIpc) is 2.98. The molecule has 0 saturated heterocycles. The highest BCUT2D eigenvalue weighted by atomic mass is 32.1. The zero-order valence-corrected chi connectivity index (χ0v) is 13.8. The summed E-state index contributed by atoms with van der Waals surface area (Å²) in [6.45, 7) is 5.81. The third kappa shape index (κ3) is 3.75. The van der Waals surface area contributed by atoms with Crippen LogP contribution in [0.15, 0.2) is 42.5 Å². The summed E-state index contributed by atoms with van der Waals surface area (Å²) < 4.78 is 0. The normalized spacial score (nSPS) is 25.9. The predicted octanol–water partition coefficient (Wildman–Crippen LogP) is 5.33. The summed E-state index contributed by atoms with van der Waals surface area (Å²) in [7, 11) is 0. The van der Waals surface area contributed by atoms with E-state index >= 15 is 0 Å². The number of hydrogen-bond donors (Lipinski definition) is 1. The van der Waals surface area contributed by atoms with Gasteiger partial charge >= 0.3 is 0 Å². The Labute approximate surface area is 132 Å². The lowest BCUT2D eigenvalue weighted by Gasteiger charge is -2.32. The Bertz CT molecular complexity index is 560. The lowest BCUT2D eigenvalue weighted by molar-refractivity contribution is 0.226. The molecule has 1 fully saturated rings. The molecule has 3 atom stereocenters. The van der Waals surface area contributed by atoms with Crippen molar-refractivity contribution in [3.05, 3.63) is 47.3 Å². The number of rotatable bonds is 4. The second-order valence-corrected chi connectivity index (χ2v) is 7.65. The lowest BCUT2D eigenvalue weighted by atomic mass is 9.79. The molecule has 0 spiro atoms. The van der Waals surface area contributed by atoms with E-state index in [1.165, 1.54) is 34.6 Å². The van der Waals surface area contributed by atoms with Crippen LogP contribution in [0.5, 0.6) is 0 Å². The molecule has 0 radical (unpaired) electrons. The highest BCUT2D eigenvalue weighted by molar-refractivity contribution is 7.15. The zero-order valence-electron chi connectivity index (χ0n) is 13.0. The van der Waals surface area contributed by atoms with Gasteiger partial charge in [-0.05, 0) is 48.8 Å². The number of nitrogens with one attached hydrogen (secondary N) is 1. The molecule has 2 aromatic rings. The summed E-state index contributed by atoms with van der Waals surface area (Å²) in [6.07, 6.45) is 4.04. The van der Waals surface area contributed by atoms with Gasteiger partial charge in [-0.2, -0.15) is 0 Å². The Morgan fingerprint density at radius 1 is 1.00 bits per heavy atom. The molecule has 0 aliphatic heterocycles. The van der Waals surface area contributed by atoms with E-state index < -0.39 is 0 Å². The maximum atomic E-state index is 3.76. The summed E-state index contributed by atoms with van der Waals surface area (Å²) >= 11 is 1.91. The fourth-order valence-electron chi connectivity index (χ4n) is 3.21. The quantitative estimate of drug-likeness (QED) is 0.804. The van der Waals surface area contributed by atoms with Crippen molar-refractivity contribution in [1.82, 2.24) is 5.32 Å². The Morgan fingerprint density at radius 3 is 2.57 bits per heavy atom. The van der Waals surface area contributed by atoms with E-state index in [2.05, 4.69) is 61.6 Å². The Morgan fingerprint density at radius 2 is 1.81 bits per heavy atom. The molecule has 1 aliphatic carbocycles. The zero-order chi connectivity index (χ0) is 14.7. The Balaban J connectivity index is 1.56. The van der Waals surface area contributed by atoms with Crippen LogP contribution in [0, 0.1) is 11.8 Å². The van der Waals surface area contributed by atoms with E-state index in [1.54, 1.807) is 0 Å². The average molecular weight is 299 g/mol. The van der Waals surface area contributed by atoms with E-state index in [0.717, 1.165) is 18.4 Å². The van der Waals surface area contributed by atoms with Crippen molar-refractivity contribution < 1.29 is 0 Å². The number of benzene rings is 1. The standard InChI is InChI=1S/C19H25NS/c1-14-8-9-17(12-15(14)2)20-13-18-10-11-19(21-18)16-6-4-3-5-7-16/h3-7,10-11,14-15,17,20H,8-9,12-13H2,1-2H3. The summed E-state index contributed by atoms with van der Waals surface area (Å²) in [5.41, 5.74) is 1.33. The van der Waals surface area contributed by atoms with Gasteiger partial charge in [-0.1, -0.05) is 44.2 Å². The smallest absolute Gasteiger partial charge is 0.0346 e. The monoisotopic (exact) mass is 299 g/mol. The highest BCUT2D eigenvalue weighted by Crippen LogP contribution is 2.31. The maximum Gasteiger partial charge on any atom is 0.0346 e. The van der Waals surface area contributed by atoms with Gasteiger partial charge in [-0.3, -0.25) is 0 Å². The summed E-state index contributed by atoms with van der Waals surface area (Å²) in [5, 5.41) is 3.76. The minimum atomic E-state index is 0.707. The largest absolute Gasteiger partial charge is 0.309 e. The van der Waals surface area contributed by atoms with E-state index in [1.807, 2.05) is 11.3 Å². The summed E-state index contributed by atoms with van der Waals surface area (Å²) in [4.78, 5) is 2.82. The molecule has 1 aromatic heterocycles. The minimum Gasteiger partial charge on any atom is -0.309 e. The van der Waals surface area contributed by atoms with E-state index in [-0.39, 0.29) is 0 Å². The summed E-state index contributed by atoms with van der Waals surface area (Å²) in [5.74, 6) is 1.76. The first kappa shape index (κ1) is 14.8. The van der Waals surface area contributed by atoms with Crippen LogP contribution >= 0.6 is 11.3 Å². The van der Waals surface area contributed by atoms with Crippen molar-refractivity contribution in [2.75, 3.05) is 0 Å². The molecule has 1 saturated carbocycles. The second-order valence-electron chi connectivity index (χ2n) is 6.48. The van der Waals surface area contributed by atoms with E-state index in [9.17, 15) is 0 Å². The predicted molar refractivity (Wildman–Crippen MR) is 92.6 cm³/mol. The molecule has 3 unspecified atom stereocenters. The van der Waals surface area contributed by atoms with Crippen LogP contribution in [0.25, 0.3) is 10.4 Å². The van der Waals surface area contributed by atoms with Crippen LogP contribution in [0.2, 0.25) is 0 Å². The number of hydrogen-bond acceptors (Lipinski definition) is 2. The first-order valence-electron chi connectivity index (χ1n) is 8.10. The van der Waals surface area contributed by atoms with Gasteiger partial charge in [0.05, 0.1) is 0 Å². The fraction of sp³-hybridized carbons (Fsp3) is 0.474. The maximum absolute atomic E-state index is 3.76. The highest BCUT2D eigenvalue weighted by Gasteiger charge is 2.24. The van der Waals surface area contributed by atoms with Crippen LogP contribution < -0.4 is 5.32 Å². The molecule has 21 heavy (non-hydrogen) atoms. The van der Waals surface area contributed by atoms with Crippen LogP contribution in [-0.4, -0.2) is 6.04 Å². The molecular weight excluding hydrogens is 274 g/mol. The van der Waals surface area contributed by atoms with Crippen molar-refractivity contribution in [3.8, 4) is 10.4 Å². The van der Waals surface area contributed by atoms with Crippen molar-refractivity contribution in [2.24, 2.45) is 11.8 Å². The fourth-order valence-corrected chi connectivity index (χ4v) is 4.17. The van der Waals surface area contributed by atoms with Gasteiger partial charge in [0.1, 0.15) is 0 Å². The van der Waals surface area contributed by atoms with Crippen LogP contribution in [0.1, 0.15) is 38.0 Å². The van der Waals surface area contributed by atoms with Crippen molar-refractivity contribution in [2.45, 2.75) is 45.7 Å². The first-order chi connectivity index (χ1) is 10.2. The van der Waals surface area contributed by atoms with Gasteiger partial charge in [0.2, 0.25) is 0 Å². The van der Waals surface area contributed by atoms with Crippen LogP contribution in [0.4, 0.5) is 0 Å². The van der Waals surface area contributed by atoms with Gasteiger partial charge < -0.3 is 5.32 Å². The molecule has 1 nitrogen and oxygen atoms in total. The molecule has 0 bridgehead atoms. The number of thiophene rings is 1. The van der Waals surface area contributed by atoms with Crippen LogP contribution in [0.3, 0.4) is 0 Å². The lowest BCUT2D eigenvalue weighted by Crippen LogP contribution is -2.35.